The van der Waals surface area contributed by atoms with Gasteiger partial charge in [-0.25, -0.2) is 5.43 Å². The molecule has 0 aliphatic heterocycles. The zero-order chi connectivity index (χ0) is 25.9. The molecule has 1 unspecified atom stereocenters. The number of aliphatic hydroxyl groups is 2. The molecule has 0 heterocycles. The molecule has 8 nitrogen and oxygen atoms in total. The number of halogens is 1. The van der Waals surface area contributed by atoms with E-state index in [9.17, 15) is 14.7 Å². The van der Waals surface area contributed by atoms with Crippen LogP contribution in [-0.2, 0) is 5.75 Å². The second-order valence-electron chi connectivity index (χ2n) is 7.67. The van der Waals surface area contributed by atoms with Gasteiger partial charge in [0.1, 0.15) is 5.75 Å². The molecule has 4 N–H and O–H groups in total. The minimum absolute atomic E-state index is 0.160. The van der Waals surface area contributed by atoms with Crippen molar-refractivity contribution in [2.75, 3.05) is 24.8 Å². The van der Waals surface area contributed by atoms with Gasteiger partial charge in [-0.2, -0.15) is 16.9 Å². The average Bonchev–Trinajstić information content (AvgIpc) is 2.90. The normalized spacial score (nSPS) is 11.8. The number of hydrazone groups is 1. The quantitative estimate of drug-likeness (QED) is 0.221. The molecule has 0 aliphatic rings. The standard InChI is InChI=1S/C26H26ClN3O5S/c1-35-22-8-5-17(6-9-22)13-28-30-26(34)23-12-20(27)7-10-24(23)29-25(33)19-4-2-3-18(11-19)15-36-16-21(32)14-31/h2-13,21,31-32H,14-16H2,1H3,(H,29,33)(H,30,34). The number of methoxy groups -OCH3 is 1. The highest BCUT2D eigenvalue weighted by molar-refractivity contribution is 7.98. The van der Waals surface area contributed by atoms with Crippen LogP contribution in [0.1, 0.15) is 31.8 Å². The van der Waals surface area contributed by atoms with E-state index in [-0.39, 0.29) is 17.9 Å². The smallest absolute Gasteiger partial charge is 0.273 e. The van der Waals surface area contributed by atoms with Crippen LogP contribution in [0.3, 0.4) is 0 Å². The van der Waals surface area contributed by atoms with E-state index < -0.39 is 17.9 Å². The van der Waals surface area contributed by atoms with Crippen LogP contribution in [-0.4, -0.2) is 53.8 Å². The van der Waals surface area contributed by atoms with E-state index >= 15 is 0 Å². The fourth-order valence-corrected chi connectivity index (χ4v) is 4.17. The van der Waals surface area contributed by atoms with Crippen molar-refractivity contribution in [1.29, 1.82) is 0 Å². The summed E-state index contributed by atoms with van der Waals surface area (Å²) in [6.45, 7) is -0.292. The summed E-state index contributed by atoms with van der Waals surface area (Å²) >= 11 is 7.55. The Morgan fingerprint density at radius 2 is 1.89 bits per heavy atom. The highest BCUT2D eigenvalue weighted by Gasteiger charge is 2.15. The Morgan fingerprint density at radius 3 is 2.61 bits per heavy atom. The maximum absolute atomic E-state index is 12.9. The van der Waals surface area contributed by atoms with Crippen molar-refractivity contribution in [3.8, 4) is 5.75 Å². The summed E-state index contributed by atoms with van der Waals surface area (Å²) in [7, 11) is 1.58. The highest BCUT2D eigenvalue weighted by atomic mass is 35.5. The molecule has 0 fully saturated rings. The first kappa shape index (κ1) is 27.2. The van der Waals surface area contributed by atoms with E-state index in [0.29, 0.717) is 27.8 Å². The topological polar surface area (TPSA) is 120 Å². The van der Waals surface area contributed by atoms with Gasteiger partial charge in [-0.3, -0.25) is 9.59 Å². The van der Waals surface area contributed by atoms with E-state index in [1.54, 1.807) is 61.7 Å². The van der Waals surface area contributed by atoms with Crippen LogP contribution in [0.15, 0.2) is 71.8 Å². The van der Waals surface area contributed by atoms with E-state index in [2.05, 4.69) is 15.8 Å². The number of nitrogens with zero attached hydrogens (tertiary/aromatic N) is 1. The molecule has 0 saturated heterocycles. The third kappa shape index (κ3) is 8.10. The Labute approximate surface area is 218 Å². The van der Waals surface area contributed by atoms with E-state index in [1.807, 2.05) is 6.07 Å². The van der Waals surface area contributed by atoms with Gasteiger partial charge in [-0.05, 0) is 65.7 Å². The number of carbonyl (C=O) groups is 2. The number of ether oxygens (including phenoxy) is 1. The Hall–Kier alpha value is -3.37. The number of anilines is 1. The van der Waals surface area contributed by atoms with Gasteiger partial charge in [0.25, 0.3) is 11.8 Å². The van der Waals surface area contributed by atoms with Crippen molar-refractivity contribution in [2.24, 2.45) is 5.10 Å². The molecule has 2 amide bonds. The van der Waals surface area contributed by atoms with Crippen LogP contribution >= 0.6 is 23.4 Å². The first-order chi connectivity index (χ1) is 17.4. The lowest BCUT2D eigenvalue weighted by molar-refractivity contribution is 0.0956. The Morgan fingerprint density at radius 1 is 1.11 bits per heavy atom. The maximum Gasteiger partial charge on any atom is 0.273 e. The summed E-state index contributed by atoms with van der Waals surface area (Å²) in [6, 6.07) is 18.8. The zero-order valence-electron chi connectivity index (χ0n) is 19.5. The highest BCUT2D eigenvalue weighted by Crippen LogP contribution is 2.22. The molecule has 10 heteroatoms. The number of amides is 2. The van der Waals surface area contributed by atoms with Crippen molar-refractivity contribution >= 4 is 47.1 Å². The van der Waals surface area contributed by atoms with Crippen LogP contribution in [0.4, 0.5) is 5.69 Å². The summed E-state index contributed by atoms with van der Waals surface area (Å²) in [5, 5.41) is 25.5. The van der Waals surface area contributed by atoms with Crippen LogP contribution < -0.4 is 15.5 Å². The van der Waals surface area contributed by atoms with Crippen molar-refractivity contribution in [2.45, 2.75) is 11.9 Å². The molecule has 3 rings (SSSR count). The molecular weight excluding hydrogens is 502 g/mol. The van der Waals surface area contributed by atoms with Crippen molar-refractivity contribution in [3.05, 3.63) is 94.0 Å². The number of hydrogen-bond acceptors (Lipinski definition) is 7. The average molecular weight is 528 g/mol. The van der Waals surface area contributed by atoms with Gasteiger partial charge in [-0.15, -0.1) is 0 Å². The molecule has 0 aromatic heterocycles. The first-order valence-electron chi connectivity index (χ1n) is 10.9. The van der Waals surface area contributed by atoms with Gasteiger partial charge in [-0.1, -0.05) is 23.7 Å². The monoisotopic (exact) mass is 527 g/mol. The minimum atomic E-state index is -0.781. The Kier molecular flexibility index (Phi) is 10.3. The maximum atomic E-state index is 12.9. The predicted molar refractivity (Wildman–Crippen MR) is 143 cm³/mol. The van der Waals surface area contributed by atoms with Crippen LogP contribution in [0.2, 0.25) is 5.02 Å². The minimum Gasteiger partial charge on any atom is -0.497 e. The SMILES string of the molecule is COc1ccc(C=NNC(=O)c2cc(Cl)ccc2NC(=O)c2cccc(CSCC(O)CO)c2)cc1. The zero-order valence-corrected chi connectivity index (χ0v) is 21.1. The van der Waals surface area contributed by atoms with E-state index in [1.165, 1.54) is 24.0 Å². The number of benzene rings is 3. The fourth-order valence-electron chi connectivity index (χ4n) is 3.09. The Balaban J connectivity index is 1.67. The summed E-state index contributed by atoms with van der Waals surface area (Å²) in [6.07, 6.45) is 0.708. The van der Waals surface area contributed by atoms with Crippen LogP contribution in [0, 0.1) is 0 Å². The largest absolute Gasteiger partial charge is 0.497 e. The number of rotatable bonds is 11. The fraction of sp³-hybridized carbons (Fsp3) is 0.192. The number of nitrogens with one attached hydrogen (secondary N) is 2. The summed E-state index contributed by atoms with van der Waals surface area (Å²) in [5.41, 5.74) is 4.96. The molecular formula is C26H26ClN3O5S. The lowest BCUT2D eigenvalue weighted by atomic mass is 10.1. The molecule has 1 atom stereocenters. The van der Waals surface area contributed by atoms with Crippen molar-refractivity contribution in [1.82, 2.24) is 5.43 Å². The third-order valence-electron chi connectivity index (χ3n) is 4.95. The van der Waals surface area contributed by atoms with Gasteiger partial charge in [0.2, 0.25) is 0 Å². The summed E-state index contributed by atoms with van der Waals surface area (Å²) in [4.78, 5) is 25.7. The van der Waals surface area contributed by atoms with Crippen molar-refractivity contribution < 1.29 is 24.5 Å². The molecule has 0 aliphatic carbocycles. The molecule has 188 valence electrons. The number of aliphatic hydroxyl groups excluding tert-OH is 2. The van der Waals surface area contributed by atoms with E-state index in [4.69, 9.17) is 21.4 Å². The lowest BCUT2D eigenvalue weighted by Crippen LogP contribution is -2.21. The second-order valence-corrected chi connectivity index (χ2v) is 9.13. The number of hydrogen-bond donors (Lipinski definition) is 4. The van der Waals surface area contributed by atoms with Gasteiger partial charge in [0, 0.05) is 22.1 Å². The molecule has 0 radical (unpaired) electrons. The third-order valence-corrected chi connectivity index (χ3v) is 6.34. The van der Waals surface area contributed by atoms with Gasteiger partial charge >= 0.3 is 0 Å². The lowest BCUT2D eigenvalue weighted by Gasteiger charge is -2.12. The van der Waals surface area contributed by atoms with Gasteiger partial charge in [0.15, 0.2) is 0 Å². The van der Waals surface area contributed by atoms with Gasteiger partial charge < -0.3 is 20.3 Å². The molecule has 0 saturated carbocycles. The van der Waals surface area contributed by atoms with Crippen LogP contribution in [0.5, 0.6) is 5.75 Å². The molecule has 0 bridgehead atoms. The Bertz CT molecular complexity index is 1220. The molecule has 0 spiro atoms. The summed E-state index contributed by atoms with van der Waals surface area (Å²) < 4.78 is 5.11. The molecule has 3 aromatic rings. The van der Waals surface area contributed by atoms with Gasteiger partial charge in [0.05, 0.1) is 37.3 Å². The molecule has 36 heavy (non-hydrogen) atoms. The summed E-state index contributed by atoms with van der Waals surface area (Å²) in [5.74, 6) is 0.733. The van der Waals surface area contributed by atoms with Crippen molar-refractivity contribution in [3.63, 3.8) is 0 Å². The predicted octanol–water partition coefficient (Wildman–Crippen LogP) is 3.95. The first-order valence-corrected chi connectivity index (χ1v) is 12.5. The van der Waals surface area contributed by atoms with Crippen LogP contribution in [0.25, 0.3) is 0 Å². The number of thioether (sulfide) groups is 1. The second kappa shape index (κ2) is 13.6. The number of carbonyl (C=O) groups excluding carboxylic acids is 2. The molecule has 3 aromatic carbocycles. The van der Waals surface area contributed by atoms with E-state index in [0.717, 1.165) is 11.1 Å².